The van der Waals surface area contributed by atoms with Crippen LogP contribution in [0.1, 0.15) is 39.5 Å². The lowest BCUT2D eigenvalue weighted by Gasteiger charge is -2.40. The molecule has 6 heteroatoms. The van der Waals surface area contributed by atoms with Crippen molar-refractivity contribution in [1.29, 1.82) is 0 Å². The third kappa shape index (κ3) is 3.30. The lowest BCUT2D eigenvalue weighted by Crippen LogP contribution is -2.42. The first-order valence-corrected chi connectivity index (χ1v) is 7.71. The zero-order valence-electron chi connectivity index (χ0n) is 12.4. The first-order chi connectivity index (χ1) is 9.85. The fourth-order valence-corrected chi connectivity index (χ4v) is 2.90. The Morgan fingerprint density at radius 2 is 2.00 bits per heavy atom. The topological polar surface area (TPSA) is 62.5 Å². The molecule has 0 radical (unpaired) electrons. The Balaban J connectivity index is 1.66. The summed E-state index contributed by atoms with van der Waals surface area (Å²) in [5.74, 6) is 0.524. The zero-order valence-corrected chi connectivity index (χ0v) is 13.2. The molecule has 2 aromatic rings. The van der Waals surface area contributed by atoms with Crippen molar-refractivity contribution < 1.29 is 5.11 Å². The molecule has 0 bridgehead atoms. The number of aromatic nitrogens is 3. The molecule has 0 amide bonds. The van der Waals surface area contributed by atoms with E-state index >= 15 is 0 Å². The van der Waals surface area contributed by atoms with Crippen LogP contribution in [0.3, 0.4) is 0 Å². The highest BCUT2D eigenvalue weighted by atomic mass is 35.5. The number of nitrogens with one attached hydrogen (secondary N) is 1. The summed E-state index contributed by atoms with van der Waals surface area (Å²) in [5, 5.41) is 18.7. The van der Waals surface area contributed by atoms with Crippen LogP contribution in [0.25, 0.3) is 5.65 Å². The van der Waals surface area contributed by atoms with Crippen LogP contribution in [0.5, 0.6) is 0 Å². The number of hydrogen-bond acceptors (Lipinski definition) is 4. The minimum atomic E-state index is -0.662. The number of hydrogen-bond donors (Lipinski definition) is 2. The first-order valence-electron chi connectivity index (χ1n) is 7.34. The highest BCUT2D eigenvalue weighted by molar-refractivity contribution is 6.30. The van der Waals surface area contributed by atoms with Crippen molar-refractivity contribution in [1.82, 2.24) is 14.6 Å². The molecule has 0 aliphatic heterocycles. The molecule has 0 saturated heterocycles. The van der Waals surface area contributed by atoms with E-state index in [9.17, 15) is 5.11 Å². The van der Waals surface area contributed by atoms with Crippen LogP contribution in [0.4, 0.5) is 5.95 Å². The number of fused-ring (bicyclic) bond motifs is 1. The molecule has 0 aromatic carbocycles. The molecule has 1 aliphatic carbocycles. The van der Waals surface area contributed by atoms with Gasteiger partial charge in [-0.1, -0.05) is 25.4 Å². The van der Waals surface area contributed by atoms with Crippen LogP contribution in [0.2, 0.25) is 5.02 Å². The van der Waals surface area contributed by atoms with Crippen LogP contribution < -0.4 is 5.32 Å². The normalized spacial score (nSPS) is 20.6. The molecule has 0 unspecified atom stereocenters. The smallest absolute Gasteiger partial charge is 0.243 e. The predicted octanol–water partition coefficient (Wildman–Crippen LogP) is 3.13. The van der Waals surface area contributed by atoms with Crippen LogP contribution in [0, 0.1) is 5.41 Å². The molecule has 2 heterocycles. The summed E-state index contributed by atoms with van der Waals surface area (Å²) < 4.78 is 1.64. The second kappa shape index (κ2) is 5.14. The molecule has 5 nitrogen and oxygen atoms in total. The number of rotatable bonds is 3. The largest absolute Gasteiger partial charge is 0.388 e. The van der Waals surface area contributed by atoms with E-state index in [1.54, 1.807) is 16.8 Å². The van der Waals surface area contributed by atoms with Gasteiger partial charge in [-0.2, -0.15) is 4.98 Å². The Morgan fingerprint density at radius 1 is 1.29 bits per heavy atom. The Bertz CT molecular complexity index is 642. The molecule has 1 aliphatic rings. The van der Waals surface area contributed by atoms with Gasteiger partial charge in [0.25, 0.3) is 0 Å². The van der Waals surface area contributed by atoms with Crippen molar-refractivity contribution in [2.24, 2.45) is 5.41 Å². The number of anilines is 1. The maximum Gasteiger partial charge on any atom is 0.243 e. The summed E-state index contributed by atoms with van der Waals surface area (Å²) in [7, 11) is 0. The van der Waals surface area contributed by atoms with Crippen LogP contribution >= 0.6 is 11.6 Å². The van der Waals surface area contributed by atoms with Gasteiger partial charge in [0.15, 0.2) is 5.65 Å². The Kier molecular flexibility index (Phi) is 3.58. The average Bonchev–Trinajstić information content (AvgIpc) is 2.83. The highest BCUT2D eigenvalue weighted by Crippen LogP contribution is 2.40. The molecule has 0 atom stereocenters. The second-order valence-corrected chi connectivity index (χ2v) is 7.26. The number of halogens is 1. The summed E-state index contributed by atoms with van der Waals surface area (Å²) in [4.78, 5) is 4.37. The summed E-state index contributed by atoms with van der Waals surface area (Å²) in [6, 6.07) is 3.60. The van der Waals surface area contributed by atoms with Gasteiger partial charge < -0.3 is 10.4 Å². The molecular formula is C15H21ClN4O. The molecule has 1 fully saturated rings. The van der Waals surface area contributed by atoms with Crippen molar-refractivity contribution in [2.75, 3.05) is 11.9 Å². The summed E-state index contributed by atoms with van der Waals surface area (Å²) in [5.41, 5.74) is 0.410. The zero-order chi connectivity index (χ0) is 15.1. The first kappa shape index (κ1) is 14.6. The molecule has 2 aromatic heterocycles. The standard InChI is InChI=1S/C15H21ClN4O/c1-14(2)5-7-15(21,8-6-14)10-17-13-18-12-4-3-11(16)9-20(12)19-13/h3-4,9,21H,5-8,10H2,1-2H3,(H,17,19). The van der Waals surface area contributed by atoms with Gasteiger partial charge in [0.1, 0.15) is 0 Å². The van der Waals surface area contributed by atoms with Gasteiger partial charge in [-0.05, 0) is 43.2 Å². The monoisotopic (exact) mass is 308 g/mol. The maximum atomic E-state index is 10.6. The molecule has 0 spiro atoms. The van der Waals surface area contributed by atoms with E-state index in [-0.39, 0.29) is 0 Å². The van der Waals surface area contributed by atoms with E-state index in [1.165, 1.54) is 0 Å². The number of pyridine rings is 1. The average molecular weight is 309 g/mol. The van der Waals surface area contributed by atoms with Gasteiger partial charge in [0.05, 0.1) is 10.6 Å². The lowest BCUT2D eigenvalue weighted by molar-refractivity contribution is -0.0146. The van der Waals surface area contributed by atoms with E-state index < -0.39 is 5.60 Å². The van der Waals surface area contributed by atoms with E-state index in [4.69, 9.17) is 11.6 Å². The van der Waals surface area contributed by atoms with Gasteiger partial charge in [0, 0.05) is 12.7 Å². The Labute approximate surface area is 129 Å². The maximum absolute atomic E-state index is 10.6. The van der Waals surface area contributed by atoms with Crippen molar-refractivity contribution >= 4 is 23.2 Å². The lowest BCUT2D eigenvalue weighted by atomic mass is 9.71. The minimum Gasteiger partial charge on any atom is -0.388 e. The Hall–Kier alpha value is -1.33. The van der Waals surface area contributed by atoms with Crippen LogP contribution in [-0.4, -0.2) is 31.9 Å². The van der Waals surface area contributed by atoms with E-state index in [0.717, 1.165) is 31.3 Å². The van der Waals surface area contributed by atoms with Gasteiger partial charge in [-0.15, -0.1) is 5.10 Å². The molecule has 3 rings (SSSR count). The third-order valence-electron chi connectivity index (χ3n) is 4.40. The van der Waals surface area contributed by atoms with Crippen LogP contribution in [-0.2, 0) is 0 Å². The van der Waals surface area contributed by atoms with Gasteiger partial charge in [0.2, 0.25) is 5.95 Å². The van der Waals surface area contributed by atoms with Gasteiger partial charge in [-0.3, -0.25) is 0 Å². The quantitative estimate of drug-likeness (QED) is 0.914. The summed E-state index contributed by atoms with van der Waals surface area (Å²) >= 11 is 5.93. The van der Waals surface area contributed by atoms with E-state index in [0.29, 0.717) is 22.9 Å². The van der Waals surface area contributed by atoms with E-state index in [2.05, 4.69) is 29.2 Å². The Morgan fingerprint density at radius 3 is 2.71 bits per heavy atom. The third-order valence-corrected chi connectivity index (χ3v) is 4.63. The van der Waals surface area contributed by atoms with E-state index in [1.807, 2.05) is 6.07 Å². The second-order valence-electron chi connectivity index (χ2n) is 6.83. The number of nitrogens with zero attached hydrogens (tertiary/aromatic N) is 3. The molecule has 1 saturated carbocycles. The van der Waals surface area contributed by atoms with Crippen molar-refractivity contribution in [3.63, 3.8) is 0 Å². The molecule has 2 N–H and O–H groups in total. The van der Waals surface area contributed by atoms with Crippen LogP contribution in [0.15, 0.2) is 18.3 Å². The summed E-state index contributed by atoms with van der Waals surface area (Å²) in [6.07, 6.45) is 5.42. The predicted molar refractivity (Wildman–Crippen MR) is 83.7 cm³/mol. The van der Waals surface area contributed by atoms with Crippen molar-refractivity contribution in [3.05, 3.63) is 23.4 Å². The van der Waals surface area contributed by atoms with Crippen molar-refractivity contribution in [2.45, 2.75) is 45.1 Å². The SMILES string of the molecule is CC1(C)CCC(O)(CNc2nc3ccc(Cl)cn3n2)CC1. The van der Waals surface area contributed by atoms with Gasteiger partial charge in [-0.25, -0.2) is 4.52 Å². The molecular weight excluding hydrogens is 288 g/mol. The summed E-state index contributed by atoms with van der Waals surface area (Å²) in [6.45, 7) is 4.99. The molecule has 21 heavy (non-hydrogen) atoms. The fourth-order valence-electron chi connectivity index (χ4n) is 2.75. The minimum absolute atomic E-state index is 0.338. The highest BCUT2D eigenvalue weighted by Gasteiger charge is 2.36. The number of aliphatic hydroxyl groups is 1. The van der Waals surface area contributed by atoms with Crippen molar-refractivity contribution in [3.8, 4) is 0 Å². The molecule has 114 valence electrons. The van der Waals surface area contributed by atoms with Gasteiger partial charge >= 0.3 is 0 Å². The fraction of sp³-hybridized carbons (Fsp3) is 0.600.